The molecule has 0 bridgehead atoms. The highest BCUT2D eigenvalue weighted by Gasteiger charge is 2.41. The summed E-state index contributed by atoms with van der Waals surface area (Å²) in [5, 5.41) is 4.18. The zero-order valence-electron chi connectivity index (χ0n) is 15.6. The van der Waals surface area contributed by atoms with Crippen LogP contribution in [0.3, 0.4) is 0 Å². The van der Waals surface area contributed by atoms with E-state index in [4.69, 9.17) is 17.0 Å². The van der Waals surface area contributed by atoms with Gasteiger partial charge in [-0.05, 0) is 74.1 Å². The number of hydrogen-bond donors (Lipinski definition) is 2. The van der Waals surface area contributed by atoms with E-state index in [2.05, 4.69) is 40.1 Å². The molecule has 0 spiro atoms. The highest BCUT2D eigenvalue weighted by atomic mass is 32.1. The summed E-state index contributed by atoms with van der Waals surface area (Å²) in [5.41, 5.74) is 5.48. The van der Waals surface area contributed by atoms with E-state index >= 15 is 0 Å². The number of nitrogens with zero attached hydrogens (tertiary/aromatic N) is 2. The zero-order valence-corrected chi connectivity index (χ0v) is 16.4. The average Bonchev–Trinajstić information content (AvgIpc) is 3.20. The van der Waals surface area contributed by atoms with Crippen LogP contribution in [0.1, 0.15) is 34.7 Å². The molecule has 27 heavy (non-hydrogen) atoms. The molecule has 3 heterocycles. The number of rotatable bonds is 4. The van der Waals surface area contributed by atoms with Gasteiger partial charge >= 0.3 is 0 Å². The molecule has 2 atom stereocenters. The summed E-state index contributed by atoms with van der Waals surface area (Å²) in [6.45, 7) is 4.18. The van der Waals surface area contributed by atoms with E-state index in [0.29, 0.717) is 5.11 Å². The van der Waals surface area contributed by atoms with Crippen molar-refractivity contribution in [1.82, 2.24) is 15.3 Å². The number of aryl methyl sites for hydroxylation is 2. The largest absolute Gasteiger partial charge is 0.497 e. The lowest BCUT2D eigenvalue weighted by Gasteiger charge is -2.28. The average molecular weight is 379 g/mol. The van der Waals surface area contributed by atoms with Crippen LogP contribution in [0.15, 0.2) is 54.7 Å². The van der Waals surface area contributed by atoms with Crippen molar-refractivity contribution in [2.24, 2.45) is 0 Å². The minimum absolute atomic E-state index is 0.00532. The van der Waals surface area contributed by atoms with Crippen molar-refractivity contribution in [3.8, 4) is 5.75 Å². The van der Waals surface area contributed by atoms with Gasteiger partial charge in [-0.2, -0.15) is 0 Å². The van der Waals surface area contributed by atoms with Crippen LogP contribution < -0.4 is 15.0 Å². The molecule has 138 valence electrons. The predicted octanol–water partition coefficient (Wildman–Crippen LogP) is 4.21. The molecule has 6 heteroatoms. The summed E-state index contributed by atoms with van der Waals surface area (Å²) in [6, 6.07) is 16.1. The number of nitrogens with one attached hydrogen (secondary N) is 2. The lowest BCUT2D eigenvalue weighted by atomic mass is 9.96. The fourth-order valence-corrected chi connectivity index (χ4v) is 4.09. The minimum atomic E-state index is -0.0327. The fraction of sp³-hybridized carbons (Fsp3) is 0.238. The maximum atomic E-state index is 5.73. The van der Waals surface area contributed by atoms with Crippen LogP contribution in [0.4, 0.5) is 5.69 Å². The van der Waals surface area contributed by atoms with Gasteiger partial charge in [-0.25, -0.2) is 0 Å². The number of thiocarbonyl (C=S) groups is 1. The number of H-pyrrole nitrogens is 1. The summed E-state index contributed by atoms with van der Waals surface area (Å²) >= 11 is 5.73. The molecule has 1 saturated heterocycles. The number of pyridine rings is 1. The second kappa shape index (κ2) is 7.04. The number of methoxy groups -OCH3 is 1. The van der Waals surface area contributed by atoms with Gasteiger partial charge in [0.1, 0.15) is 5.75 Å². The Labute approximate surface area is 164 Å². The Morgan fingerprint density at radius 1 is 1.11 bits per heavy atom. The molecule has 1 aliphatic heterocycles. The van der Waals surface area contributed by atoms with E-state index in [9.17, 15) is 0 Å². The van der Waals surface area contributed by atoms with Crippen LogP contribution in [-0.2, 0) is 0 Å². The first-order valence-electron chi connectivity index (χ1n) is 8.89. The first-order chi connectivity index (χ1) is 13.1. The molecular weight excluding hydrogens is 356 g/mol. The Hall–Kier alpha value is -2.86. The maximum Gasteiger partial charge on any atom is 0.174 e. The molecule has 0 amide bonds. The first-order valence-corrected chi connectivity index (χ1v) is 9.30. The highest BCUT2D eigenvalue weighted by molar-refractivity contribution is 7.80. The Morgan fingerprint density at radius 3 is 2.48 bits per heavy atom. The van der Waals surface area contributed by atoms with Gasteiger partial charge in [0.05, 0.1) is 24.9 Å². The van der Waals surface area contributed by atoms with Crippen LogP contribution in [0.2, 0.25) is 0 Å². The number of aromatic nitrogens is 2. The molecule has 2 aromatic heterocycles. The summed E-state index contributed by atoms with van der Waals surface area (Å²) in [6.07, 6.45) is 1.82. The van der Waals surface area contributed by atoms with Crippen molar-refractivity contribution in [2.75, 3.05) is 12.0 Å². The minimum Gasteiger partial charge on any atom is -0.497 e. The molecule has 0 unspecified atom stereocenters. The van der Waals surface area contributed by atoms with Crippen LogP contribution >= 0.6 is 12.2 Å². The Morgan fingerprint density at radius 2 is 1.89 bits per heavy atom. The SMILES string of the molecule is COc1ccc(N2C(=S)N[C@H](c3ccccn3)[C@H]2c2cc(C)[nH]c2C)cc1. The van der Waals surface area contributed by atoms with Crippen molar-refractivity contribution in [3.05, 3.63) is 77.4 Å². The quantitative estimate of drug-likeness (QED) is 0.666. The monoisotopic (exact) mass is 378 g/mol. The van der Waals surface area contributed by atoms with E-state index in [1.807, 2.05) is 48.7 Å². The van der Waals surface area contributed by atoms with Crippen molar-refractivity contribution in [3.63, 3.8) is 0 Å². The number of aromatic amines is 1. The van der Waals surface area contributed by atoms with Gasteiger partial charge < -0.3 is 19.9 Å². The number of hydrogen-bond acceptors (Lipinski definition) is 3. The summed E-state index contributed by atoms with van der Waals surface area (Å²) in [5.74, 6) is 0.823. The molecule has 3 aromatic rings. The van der Waals surface area contributed by atoms with Gasteiger partial charge in [0.15, 0.2) is 5.11 Å². The molecule has 4 rings (SSSR count). The molecular formula is C21H22N4OS. The van der Waals surface area contributed by atoms with Crippen LogP contribution in [0.5, 0.6) is 5.75 Å². The molecule has 5 nitrogen and oxygen atoms in total. The first kappa shape index (κ1) is 17.5. The topological polar surface area (TPSA) is 53.2 Å². The number of benzene rings is 1. The lowest BCUT2D eigenvalue weighted by molar-refractivity contribution is 0.415. The second-order valence-electron chi connectivity index (χ2n) is 6.73. The Balaban J connectivity index is 1.83. The van der Waals surface area contributed by atoms with Gasteiger partial charge in [0, 0.05) is 23.3 Å². The van der Waals surface area contributed by atoms with Crippen molar-refractivity contribution < 1.29 is 4.74 Å². The van der Waals surface area contributed by atoms with E-state index in [1.54, 1.807) is 7.11 Å². The van der Waals surface area contributed by atoms with Crippen LogP contribution in [-0.4, -0.2) is 22.2 Å². The third-order valence-electron chi connectivity index (χ3n) is 4.96. The molecule has 0 aliphatic carbocycles. The normalized spacial score (nSPS) is 19.2. The Bertz CT molecular complexity index is 952. The van der Waals surface area contributed by atoms with Crippen molar-refractivity contribution in [2.45, 2.75) is 25.9 Å². The number of ether oxygens (including phenoxy) is 1. The third-order valence-corrected chi connectivity index (χ3v) is 5.27. The molecule has 2 N–H and O–H groups in total. The van der Waals surface area contributed by atoms with Gasteiger partial charge in [-0.1, -0.05) is 6.07 Å². The smallest absolute Gasteiger partial charge is 0.174 e. The molecule has 1 aliphatic rings. The number of anilines is 1. The van der Waals surface area contributed by atoms with Crippen LogP contribution in [0.25, 0.3) is 0 Å². The van der Waals surface area contributed by atoms with E-state index in [0.717, 1.165) is 28.5 Å². The van der Waals surface area contributed by atoms with Gasteiger partial charge in [0.25, 0.3) is 0 Å². The fourth-order valence-electron chi connectivity index (χ4n) is 3.74. The van der Waals surface area contributed by atoms with E-state index in [1.165, 1.54) is 5.56 Å². The van der Waals surface area contributed by atoms with Gasteiger partial charge in [0.2, 0.25) is 0 Å². The zero-order chi connectivity index (χ0) is 19.0. The van der Waals surface area contributed by atoms with Crippen LogP contribution in [0, 0.1) is 13.8 Å². The maximum absolute atomic E-state index is 5.73. The lowest BCUT2D eigenvalue weighted by Crippen LogP contribution is -2.29. The highest BCUT2D eigenvalue weighted by Crippen LogP contribution is 2.42. The summed E-state index contributed by atoms with van der Waals surface area (Å²) in [4.78, 5) is 10.2. The van der Waals surface area contributed by atoms with E-state index < -0.39 is 0 Å². The summed E-state index contributed by atoms with van der Waals surface area (Å²) < 4.78 is 5.30. The summed E-state index contributed by atoms with van der Waals surface area (Å²) in [7, 11) is 1.67. The molecule has 0 saturated carbocycles. The van der Waals surface area contributed by atoms with E-state index in [-0.39, 0.29) is 12.1 Å². The second-order valence-corrected chi connectivity index (χ2v) is 7.11. The van der Waals surface area contributed by atoms with Gasteiger partial charge in [-0.3, -0.25) is 4.98 Å². The predicted molar refractivity (Wildman–Crippen MR) is 111 cm³/mol. The molecule has 1 fully saturated rings. The van der Waals surface area contributed by atoms with Crippen molar-refractivity contribution in [1.29, 1.82) is 0 Å². The Kier molecular flexibility index (Phi) is 4.58. The van der Waals surface area contributed by atoms with Crippen molar-refractivity contribution >= 4 is 23.0 Å². The molecule has 0 radical (unpaired) electrons. The molecule has 1 aromatic carbocycles. The van der Waals surface area contributed by atoms with Gasteiger partial charge in [-0.15, -0.1) is 0 Å². The standard InChI is InChI=1S/C21H22N4OS/c1-13-12-17(14(2)23-13)20-19(18-6-4-5-11-22-18)24-21(27)25(20)15-7-9-16(26-3)10-8-15/h4-12,19-20,23H,1-3H3,(H,24,27)/t19-,20-/m1/s1. The third kappa shape index (κ3) is 3.17.